The van der Waals surface area contributed by atoms with Crippen molar-refractivity contribution in [1.29, 1.82) is 5.26 Å². The van der Waals surface area contributed by atoms with Crippen LogP contribution in [0, 0.1) is 80.2 Å². The van der Waals surface area contributed by atoms with Crippen LogP contribution in [0.2, 0.25) is 0 Å². The number of hydrogen-bond donors (Lipinski definition) is 0. The van der Waals surface area contributed by atoms with E-state index in [4.69, 9.17) is 16.5 Å². The van der Waals surface area contributed by atoms with Gasteiger partial charge in [-0.1, -0.05) is 48.5 Å². The molecule has 4 aromatic heterocycles. The summed E-state index contributed by atoms with van der Waals surface area (Å²) in [6.07, 6.45) is 0. The van der Waals surface area contributed by atoms with Crippen LogP contribution < -0.4 is 4.90 Å². The van der Waals surface area contributed by atoms with Crippen LogP contribution in [0.1, 0.15) is 56.2 Å². The van der Waals surface area contributed by atoms with E-state index in [2.05, 4.69) is 73.1 Å². The molecule has 7 nitrogen and oxygen atoms in total. The van der Waals surface area contributed by atoms with Crippen molar-refractivity contribution in [3.63, 3.8) is 0 Å². The van der Waals surface area contributed by atoms with Crippen LogP contribution in [0.25, 0.3) is 37.7 Å². The predicted octanol–water partition coefficient (Wildman–Crippen LogP) is 9.96. The molecule has 4 heterocycles. The highest BCUT2D eigenvalue weighted by molar-refractivity contribution is 6.04. The van der Waals surface area contributed by atoms with Gasteiger partial charge in [-0.3, -0.25) is 9.30 Å². The fraction of sp³-hybridized carbons (Fsp3) is 0.231. The Morgan fingerprint density at radius 3 is 1.54 bits per heavy atom. The van der Waals surface area contributed by atoms with Crippen molar-refractivity contribution in [2.24, 2.45) is 0 Å². The summed E-state index contributed by atoms with van der Waals surface area (Å²) in [7, 11) is 0. The van der Waals surface area contributed by atoms with Crippen LogP contribution >= 0.6 is 0 Å². The standard InChI is InChI=1S/C39H35N7/c1-20-21(2)23(4)35(24(5)22(20)3)46(36-27(8)44-25(6)33(19-40)29-15-11-13-17-31(29)38(44)42-36)37-28(9)45-26(7)34(41-10)30-16-12-14-18-32(30)39(45)43-37/h11-18H,1-9H3. The van der Waals surface area contributed by atoms with Gasteiger partial charge in [0.1, 0.15) is 17.4 Å². The number of benzene rings is 3. The van der Waals surface area contributed by atoms with E-state index in [-0.39, 0.29) is 0 Å². The van der Waals surface area contributed by atoms with Gasteiger partial charge < -0.3 is 4.40 Å². The molecule has 0 amide bonds. The minimum Gasteiger partial charge on any atom is -0.309 e. The Balaban J connectivity index is 1.68. The molecule has 0 saturated heterocycles. The minimum atomic E-state index is 0.631. The van der Waals surface area contributed by atoms with Crippen molar-refractivity contribution in [3.05, 3.63) is 116 Å². The number of hydrogen-bond acceptors (Lipinski definition) is 4. The Kier molecular flexibility index (Phi) is 6.44. The average Bonchev–Trinajstić information content (AvgIpc) is 3.59. The zero-order valence-electron chi connectivity index (χ0n) is 27.7. The van der Waals surface area contributed by atoms with E-state index < -0.39 is 0 Å². The molecular weight excluding hydrogens is 566 g/mol. The Hall–Kier alpha value is -5.66. The second-order valence-electron chi connectivity index (χ2n) is 12.4. The smallest absolute Gasteiger partial charge is 0.214 e. The molecule has 0 fully saturated rings. The minimum absolute atomic E-state index is 0.631. The van der Waals surface area contributed by atoms with E-state index in [9.17, 15) is 5.26 Å². The highest BCUT2D eigenvalue weighted by Gasteiger charge is 2.31. The second-order valence-corrected chi connectivity index (χ2v) is 12.4. The van der Waals surface area contributed by atoms with Crippen molar-refractivity contribution in [3.8, 4) is 6.07 Å². The van der Waals surface area contributed by atoms with Crippen molar-refractivity contribution >= 4 is 55.8 Å². The summed E-state index contributed by atoms with van der Waals surface area (Å²) in [4.78, 5) is 17.0. The predicted molar refractivity (Wildman–Crippen MR) is 187 cm³/mol. The molecule has 0 unspecified atom stereocenters. The number of nitrogens with zero attached hydrogens (tertiary/aromatic N) is 7. The van der Waals surface area contributed by atoms with Gasteiger partial charge in [-0.25, -0.2) is 14.8 Å². The number of anilines is 3. The normalized spacial score (nSPS) is 11.5. The molecule has 0 aliphatic rings. The summed E-state index contributed by atoms with van der Waals surface area (Å²) in [6, 6.07) is 18.5. The number of aromatic nitrogens is 4. The van der Waals surface area contributed by atoms with E-state index in [1.807, 2.05) is 62.4 Å². The van der Waals surface area contributed by atoms with Crippen molar-refractivity contribution in [1.82, 2.24) is 18.8 Å². The van der Waals surface area contributed by atoms with Crippen LogP contribution in [-0.4, -0.2) is 18.8 Å². The van der Waals surface area contributed by atoms with Gasteiger partial charge in [0.2, 0.25) is 5.69 Å². The van der Waals surface area contributed by atoms with Gasteiger partial charge in [-0.2, -0.15) is 5.26 Å². The quantitative estimate of drug-likeness (QED) is 0.189. The summed E-state index contributed by atoms with van der Waals surface area (Å²) < 4.78 is 4.24. The zero-order valence-corrected chi connectivity index (χ0v) is 27.7. The first-order valence-electron chi connectivity index (χ1n) is 15.5. The fourth-order valence-electron chi connectivity index (χ4n) is 7.38. The number of nitriles is 1. The lowest BCUT2D eigenvalue weighted by molar-refractivity contribution is 1.02. The maximum atomic E-state index is 10.2. The summed E-state index contributed by atoms with van der Waals surface area (Å²) in [6.45, 7) is 27.1. The third-order valence-corrected chi connectivity index (χ3v) is 10.2. The highest BCUT2D eigenvalue weighted by Crippen LogP contribution is 2.46. The van der Waals surface area contributed by atoms with Gasteiger partial charge in [0.25, 0.3) is 0 Å². The summed E-state index contributed by atoms with van der Waals surface area (Å²) in [5.41, 5.74) is 13.6. The van der Waals surface area contributed by atoms with Crippen molar-refractivity contribution in [2.75, 3.05) is 4.90 Å². The third-order valence-electron chi connectivity index (χ3n) is 10.2. The molecule has 0 bridgehead atoms. The molecule has 7 heteroatoms. The van der Waals surface area contributed by atoms with E-state index >= 15 is 0 Å². The molecule has 0 aliphatic heterocycles. The third kappa shape index (κ3) is 3.69. The highest BCUT2D eigenvalue weighted by atomic mass is 15.3. The monoisotopic (exact) mass is 601 g/mol. The molecule has 0 N–H and O–H groups in total. The van der Waals surface area contributed by atoms with Crippen LogP contribution in [0.4, 0.5) is 23.0 Å². The first-order chi connectivity index (χ1) is 22.0. The maximum absolute atomic E-state index is 10.2. The lowest BCUT2D eigenvalue weighted by Gasteiger charge is -2.29. The molecule has 0 spiro atoms. The SMILES string of the molecule is [C-]#[N+]c1c(C)n2c(C)c(N(c3nc4c5ccccc5c(C#N)c(C)n4c3C)c3c(C)c(C)c(C)c(C)c3C)nc2c2ccccc12. The Morgan fingerprint density at radius 1 is 0.609 bits per heavy atom. The lowest BCUT2D eigenvalue weighted by atomic mass is 9.92. The lowest BCUT2D eigenvalue weighted by Crippen LogP contribution is -2.18. The van der Waals surface area contributed by atoms with Crippen molar-refractivity contribution in [2.45, 2.75) is 62.3 Å². The largest absolute Gasteiger partial charge is 0.309 e. The molecule has 3 aromatic carbocycles. The van der Waals surface area contributed by atoms with E-state index in [0.717, 1.165) is 84.1 Å². The summed E-state index contributed by atoms with van der Waals surface area (Å²) in [5, 5.41) is 13.9. The average molecular weight is 602 g/mol. The van der Waals surface area contributed by atoms with E-state index in [1.54, 1.807) is 0 Å². The van der Waals surface area contributed by atoms with Crippen molar-refractivity contribution < 1.29 is 0 Å². The van der Waals surface area contributed by atoms with Gasteiger partial charge in [0.05, 0.1) is 29.2 Å². The molecule has 0 atom stereocenters. The number of pyridine rings is 2. The Morgan fingerprint density at radius 2 is 1.04 bits per heavy atom. The summed E-state index contributed by atoms with van der Waals surface area (Å²) >= 11 is 0. The number of rotatable bonds is 3. The number of fused-ring (bicyclic) bond motifs is 6. The maximum Gasteiger partial charge on any atom is 0.214 e. The molecule has 0 radical (unpaired) electrons. The molecule has 46 heavy (non-hydrogen) atoms. The molecule has 7 aromatic rings. The van der Waals surface area contributed by atoms with Gasteiger partial charge >= 0.3 is 0 Å². The first kappa shape index (κ1) is 29.1. The summed E-state index contributed by atoms with van der Waals surface area (Å²) in [5.74, 6) is 1.52. The van der Waals surface area contributed by atoms with E-state index in [0.29, 0.717) is 11.3 Å². The van der Waals surface area contributed by atoms with Crippen LogP contribution in [0.3, 0.4) is 0 Å². The number of imidazole rings is 2. The molecule has 0 saturated carbocycles. The molecule has 7 rings (SSSR count). The van der Waals surface area contributed by atoms with Gasteiger partial charge in [0.15, 0.2) is 11.6 Å². The van der Waals surface area contributed by atoms with Crippen LogP contribution in [0.5, 0.6) is 0 Å². The van der Waals surface area contributed by atoms with Crippen LogP contribution in [-0.2, 0) is 0 Å². The molecular formula is C39H35N7. The Labute approximate surface area is 268 Å². The van der Waals surface area contributed by atoms with Gasteiger partial charge in [-0.05, 0) is 95.5 Å². The van der Waals surface area contributed by atoms with Gasteiger partial charge in [0, 0.05) is 27.5 Å². The zero-order chi connectivity index (χ0) is 32.8. The molecule has 226 valence electrons. The Bertz CT molecular complexity index is 2370. The van der Waals surface area contributed by atoms with Crippen LogP contribution in [0.15, 0.2) is 48.5 Å². The fourth-order valence-corrected chi connectivity index (χ4v) is 7.38. The van der Waals surface area contributed by atoms with Gasteiger partial charge in [-0.15, -0.1) is 0 Å². The molecule has 0 aliphatic carbocycles. The topological polar surface area (TPSA) is 66.0 Å². The number of aryl methyl sites for hydroxylation is 4. The second kappa shape index (κ2) is 10.2. The first-order valence-corrected chi connectivity index (χ1v) is 15.5. The van der Waals surface area contributed by atoms with E-state index in [1.165, 1.54) is 16.7 Å².